The average molecular weight is 545 g/mol. The Bertz CT molecular complexity index is 1450. The van der Waals surface area contributed by atoms with Crippen LogP contribution in [-0.2, 0) is 25.8 Å². The lowest BCUT2D eigenvalue weighted by Gasteiger charge is -2.49. The molecule has 5 N–H and O–H groups in total. The largest absolute Gasteiger partial charge is 0.477 e. The molecule has 1 saturated heterocycles. The summed E-state index contributed by atoms with van der Waals surface area (Å²) in [5.41, 5.74) is 7.01. The topological polar surface area (TPSA) is 176 Å². The molecule has 0 aliphatic carbocycles. The third-order valence-corrected chi connectivity index (χ3v) is 7.80. The number of nitrogens with one attached hydrogen (secondary N) is 1. The molecule has 2 atom stereocenters. The van der Waals surface area contributed by atoms with Gasteiger partial charge in [-0.3, -0.25) is 14.5 Å². The van der Waals surface area contributed by atoms with Crippen LogP contribution < -0.4 is 15.6 Å². The van der Waals surface area contributed by atoms with Gasteiger partial charge in [0.05, 0.1) is 12.8 Å². The number of thiazole rings is 1. The van der Waals surface area contributed by atoms with Gasteiger partial charge in [0.1, 0.15) is 48.4 Å². The number of amides is 2. The molecule has 2 aliphatic rings. The van der Waals surface area contributed by atoms with Crippen molar-refractivity contribution in [1.29, 1.82) is 0 Å². The van der Waals surface area contributed by atoms with E-state index in [1.807, 2.05) is 45.8 Å². The van der Waals surface area contributed by atoms with E-state index in [4.69, 9.17) is 15.7 Å². The van der Waals surface area contributed by atoms with E-state index in [2.05, 4.69) is 15.5 Å². The molecule has 0 unspecified atom stereocenters. The van der Waals surface area contributed by atoms with Gasteiger partial charge in [-0.05, 0) is 6.07 Å². The van der Waals surface area contributed by atoms with Gasteiger partial charge < -0.3 is 26.1 Å². The molecule has 37 heavy (non-hydrogen) atoms. The number of nitrogens with two attached hydrogens (primary N) is 1. The first-order valence-electron chi connectivity index (χ1n) is 11.1. The lowest BCUT2D eigenvalue weighted by atomic mass is 10.0. The average Bonchev–Trinajstić information content (AvgIpc) is 3.50. The lowest BCUT2D eigenvalue weighted by Crippen LogP contribution is -2.71. The molecule has 3 aromatic heterocycles. The molecule has 0 radical (unpaired) electrons. The number of carbonyl (C=O) groups is 3. The van der Waals surface area contributed by atoms with Gasteiger partial charge in [-0.2, -0.15) is 0 Å². The van der Waals surface area contributed by atoms with E-state index in [-0.39, 0.29) is 35.4 Å². The van der Waals surface area contributed by atoms with Gasteiger partial charge in [0.15, 0.2) is 10.8 Å². The van der Waals surface area contributed by atoms with E-state index in [1.54, 1.807) is 0 Å². The quantitative estimate of drug-likeness (QED) is 0.0902. The van der Waals surface area contributed by atoms with Gasteiger partial charge in [-0.15, -0.1) is 23.1 Å². The van der Waals surface area contributed by atoms with Gasteiger partial charge in [0.25, 0.3) is 17.5 Å². The van der Waals surface area contributed by atoms with Crippen LogP contribution in [-0.4, -0.2) is 78.4 Å². The first-order valence-corrected chi connectivity index (χ1v) is 13.0. The number of imidazole rings is 1. The van der Waals surface area contributed by atoms with Gasteiger partial charge in [0.2, 0.25) is 0 Å². The SMILES string of the molecule is Nc1nc(/C(=N/OCCO)C(=O)N[C@@H]2C(=O)N3C(C(=O)O)=C(C[n+]4ccn5ccccc54)CS[C@@H]23)cs1. The molecule has 0 aromatic carbocycles. The molecule has 3 aromatic rings. The molecule has 2 aliphatic heterocycles. The number of aromatic nitrogens is 3. The predicted molar refractivity (Wildman–Crippen MR) is 133 cm³/mol. The monoisotopic (exact) mass is 544 g/mol. The number of nitrogen functional groups attached to an aromatic ring is 1. The van der Waals surface area contributed by atoms with Gasteiger partial charge in [0, 0.05) is 22.8 Å². The zero-order valence-corrected chi connectivity index (χ0v) is 20.8. The van der Waals surface area contributed by atoms with Crippen LogP contribution in [0.2, 0.25) is 0 Å². The molecule has 0 bridgehead atoms. The fourth-order valence-electron chi connectivity index (χ4n) is 4.15. The van der Waals surface area contributed by atoms with E-state index in [0.717, 1.165) is 17.0 Å². The van der Waals surface area contributed by atoms with Gasteiger partial charge in [-0.25, -0.2) is 18.7 Å². The zero-order valence-electron chi connectivity index (χ0n) is 19.2. The fraction of sp³-hybridized carbons (Fsp3) is 0.273. The Morgan fingerprint density at radius 1 is 1.35 bits per heavy atom. The maximum absolute atomic E-state index is 13.1. The third-order valence-electron chi connectivity index (χ3n) is 5.78. The number of thioether (sulfide) groups is 1. The van der Waals surface area contributed by atoms with Crippen LogP contribution in [0.15, 0.2) is 58.6 Å². The summed E-state index contributed by atoms with van der Waals surface area (Å²) in [5, 5.41) is 26.4. The number of pyridine rings is 1. The molecule has 192 valence electrons. The summed E-state index contributed by atoms with van der Waals surface area (Å²) in [6, 6.07) is 4.74. The second-order valence-electron chi connectivity index (χ2n) is 8.08. The fourth-order valence-corrected chi connectivity index (χ4v) is 6.03. The number of aliphatic hydroxyl groups is 1. The van der Waals surface area contributed by atoms with Crippen LogP contribution in [0.4, 0.5) is 5.13 Å². The van der Waals surface area contributed by atoms with Crippen molar-refractivity contribution < 1.29 is 34.0 Å². The number of anilines is 1. The Morgan fingerprint density at radius 3 is 2.92 bits per heavy atom. The summed E-state index contributed by atoms with van der Waals surface area (Å²) in [4.78, 5) is 48.5. The number of carboxylic acids is 1. The number of aliphatic carboxylic acids is 1. The van der Waals surface area contributed by atoms with E-state index < -0.39 is 29.2 Å². The highest BCUT2D eigenvalue weighted by molar-refractivity contribution is 8.00. The molecule has 5 rings (SSSR count). The number of hydrogen-bond acceptors (Lipinski definition) is 10. The van der Waals surface area contributed by atoms with Gasteiger partial charge in [-0.1, -0.05) is 11.2 Å². The van der Waals surface area contributed by atoms with E-state index in [9.17, 15) is 19.5 Å². The van der Waals surface area contributed by atoms with E-state index >= 15 is 0 Å². The molecule has 5 heterocycles. The van der Waals surface area contributed by atoms with Crippen molar-refractivity contribution in [2.75, 3.05) is 24.7 Å². The van der Waals surface area contributed by atoms with Crippen molar-refractivity contribution in [3.05, 3.63) is 59.1 Å². The summed E-state index contributed by atoms with van der Waals surface area (Å²) in [6.07, 6.45) is 5.61. The second kappa shape index (κ2) is 10.2. The molecule has 13 nitrogen and oxygen atoms in total. The molecule has 15 heteroatoms. The predicted octanol–water partition coefficient (Wildman–Crippen LogP) is -0.583. The molecular weight excluding hydrogens is 522 g/mol. The van der Waals surface area contributed by atoms with E-state index in [1.165, 1.54) is 22.0 Å². The Morgan fingerprint density at radius 2 is 2.19 bits per heavy atom. The standard InChI is InChI=1S/C22H21N7O6S2/c23-22-24-13(11-37-22)15(26-35-8-7-30)18(31)25-16-19(32)29-17(21(33)34)12(10-36-20(16)29)9-28-6-5-27-4-2-1-3-14(27)28/h1-6,11,16,20,30H,7-10H2,(H3-,23,24,25,31,33,34)/p+1/b26-15-/t16-,20+/m1/s1. The summed E-state index contributed by atoms with van der Waals surface area (Å²) in [5.74, 6) is -2.12. The molecule has 2 amide bonds. The third kappa shape index (κ3) is 4.63. The minimum Gasteiger partial charge on any atom is -0.477 e. The number of β-lactam (4-membered cyclic amide) rings is 1. The highest BCUT2D eigenvalue weighted by Gasteiger charge is 2.54. The number of carboxylic acid groups (broad SMARTS) is 1. The lowest BCUT2D eigenvalue weighted by molar-refractivity contribution is -0.662. The number of hydrogen-bond donors (Lipinski definition) is 4. The number of rotatable bonds is 9. The first-order chi connectivity index (χ1) is 17.9. The molecular formula is C22H22N7O6S2+. The number of nitrogens with zero attached hydrogens (tertiary/aromatic N) is 5. The number of carbonyl (C=O) groups excluding carboxylic acids is 2. The maximum atomic E-state index is 13.1. The molecule has 1 fully saturated rings. The highest BCUT2D eigenvalue weighted by atomic mass is 32.2. The first kappa shape index (κ1) is 24.7. The maximum Gasteiger partial charge on any atom is 0.352 e. The van der Waals surface area contributed by atoms with Crippen LogP contribution in [0.1, 0.15) is 5.69 Å². The van der Waals surface area contributed by atoms with Crippen LogP contribution in [0, 0.1) is 0 Å². The highest BCUT2D eigenvalue weighted by Crippen LogP contribution is 2.40. The normalized spacial score (nSPS) is 19.5. The van der Waals surface area contributed by atoms with Crippen molar-refractivity contribution in [2.45, 2.75) is 18.0 Å². The van der Waals surface area contributed by atoms with Crippen molar-refractivity contribution >= 4 is 57.4 Å². The smallest absolute Gasteiger partial charge is 0.352 e. The molecule has 0 saturated carbocycles. The van der Waals surface area contributed by atoms with Crippen LogP contribution >= 0.6 is 23.1 Å². The van der Waals surface area contributed by atoms with E-state index in [0.29, 0.717) is 17.9 Å². The minimum absolute atomic E-state index is 0.0746. The zero-order chi connectivity index (χ0) is 26.1. The Labute approximate surface area is 217 Å². The van der Waals surface area contributed by atoms with Crippen molar-refractivity contribution in [3.8, 4) is 0 Å². The summed E-state index contributed by atoms with van der Waals surface area (Å²) < 4.78 is 3.83. The number of oxime groups is 1. The Kier molecular flexibility index (Phi) is 6.82. The summed E-state index contributed by atoms with van der Waals surface area (Å²) >= 11 is 2.47. The minimum atomic E-state index is -1.21. The van der Waals surface area contributed by atoms with Crippen molar-refractivity contribution in [3.63, 3.8) is 0 Å². The Balaban J connectivity index is 1.36. The van der Waals surface area contributed by atoms with Crippen molar-refractivity contribution in [2.24, 2.45) is 5.16 Å². The number of aliphatic hydroxyl groups excluding tert-OH is 1. The number of fused-ring (bicyclic) bond motifs is 2. The Hall–Kier alpha value is -3.95. The molecule has 0 spiro atoms. The van der Waals surface area contributed by atoms with Crippen LogP contribution in [0.3, 0.4) is 0 Å². The summed E-state index contributed by atoms with van der Waals surface area (Å²) in [7, 11) is 0. The van der Waals surface area contributed by atoms with Gasteiger partial charge >= 0.3 is 5.97 Å². The second-order valence-corrected chi connectivity index (χ2v) is 10.1. The van der Waals surface area contributed by atoms with Crippen molar-refractivity contribution in [1.82, 2.24) is 19.6 Å². The van der Waals surface area contributed by atoms with Crippen LogP contribution in [0.25, 0.3) is 5.65 Å². The summed E-state index contributed by atoms with van der Waals surface area (Å²) in [6.45, 7) is -0.154. The van der Waals surface area contributed by atoms with Crippen LogP contribution in [0.5, 0.6) is 0 Å².